The van der Waals surface area contributed by atoms with Crippen molar-refractivity contribution in [3.63, 3.8) is 0 Å². The summed E-state index contributed by atoms with van der Waals surface area (Å²) in [5.74, 6) is 0. The van der Waals surface area contributed by atoms with Crippen molar-refractivity contribution >= 4 is 5.69 Å². The summed E-state index contributed by atoms with van der Waals surface area (Å²) < 4.78 is 13.1. The minimum atomic E-state index is -0.785. The lowest BCUT2D eigenvalue weighted by atomic mass is 10.0. The van der Waals surface area contributed by atoms with E-state index >= 15 is 0 Å². The van der Waals surface area contributed by atoms with Gasteiger partial charge in [0.05, 0.1) is 6.04 Å². The summed E-state index contributed by atoms with van der Waals surface area (Å²) in [5.41, 5.74) is 3.70. The van der Waals surface area contributed by atoms with Crippen LogP contribution < -0.4 is 5.32 Å². The van der Waals surface area contributed by atoms with E-state index in [-0.39, 0.29) is 6.04 Å². The summed E-state index contributed by atoms with van der Waals surface area (Å²) in [6.07, 6.45) is 1.08. The van der Waals surface area contributed by atoms with E-state index in [1.807, 2.05) is 0 Å². The van der Waals surface area contributed by atoms with Crippen molar-refractivity contribution < 1.29 is 4.39 Å². The minimum absolute atomic E-state index is 0.0305. The third kappa shape index (κ3) is 1.61. The summed E-state index contributed by atoms with van der Waals surface area (Å²) in [6.45, 7) is 3.75. The van der Waals surface area contributed by atoms with Crippen LogP contribution in [-0.4, -0.2) is 12.2 Å². The van der Waals surface area contributed by atoms with Crippen LogP contribution in [0.25, 0.3) is 0 Å². The molecule has 1 nitrogen and oxygen atoms in total. The Labute approximate surface area is 84.3 Å². The maximum absolute atomic E-state index is 13.1. The number of aryl methyl sites for hydroxylation is 1. The standard InChI is InChI=1S/C12H16FN/c1-3-9-4-5-11-10(6-9)7-12(14-11)8(2)13/h4-6,8,12,14H,3,7H2,1-2H3. The molecule has 76 valence electrons. The number of fused-ring (bicyclic) bond motifs is 1. The quantitative estimate of drug-likeness (QED) is 0.761. The van der Waals surface area contributed by atoms with E-state index in [1.54, 1.807) is 6.92 Å². The first kappa shape index (κ1) is 9.50. The van der Waals surface area contributed by atoms with E-state index in [4.69, 9.17) is 0 Å². The molecule has 0 saturated carbocycles. The van der Waals surface area contributed by atoms with Crippen LogP contribution in [-0.2, 0) is 12.8 Å². The molecule has 1 aliphatic rings. The molecular weight excluding hydrogens is 177 g/mol. The second-order valence-electron chi connectivity index (χ2n) is 3.98. The molecule has 1 aromatic carbocycles. The first-order chi connectivity index (χ1) is 6.70. The Morgan fingerprint density at radius 3 is 3.00 bits per heavy atom. The lowest BCUT2D eigenvalue weighted by molar-refractivity contribution is 0.322. The third-order valence-corrected chi connectivity index (χ3v) is 2.91. The molecule has 0 aromatic heterocycles. The molecule has 1 N–H and O–H groups in total. The summed E-state index contributed by atoms with van der Waals surface area (Å²) in [4.78, 5) is 0. The number of hydrogen-bond donors (Lipinski definition) is 1. The molecule has 1 aliphatic heterocycles. The Morgan fingerprint density at radius 2 is 2.36 bits per heavy atom. The van der Waals surface area contributed by atoms with E-state index in [9.17, 15) is 4.39 Å². The third-order valence-electron chi connectivity index (χ3n) is 2.91. The largest absolute Gasteiger partial charge is 0.379 e. The van der Waals surface area contributed by atoms with Crippen LogP contribution in [0.1, 0.15) is 25.0 Å². The summed E-state index contributed by atoms with van der Waals surface area (Å²) >= 11 is 0. The van der Waals surface area contributed by atoms with Crippen LogP contribution in [0.5, 0.6) is 0 Å². The van der Waals surface area contributed by atoms with Crippen molar-refractivity contribution in [1.82, 2.24) is 0 Å². The fraction of sp³-hybridized carbons (Fsp3) is 0.500. The second kappa shape index (κ2) is 3.60. The van der Waals surface area contributed by atoms with Crippen LogP contribution in [0, 0.1) is 0 Å². The molecule has 0 amide bonds. The summed E-state index contributed by atoms with van der Waals surface area (Å²) in [6, 6.07) is 6.33. The predicted molar refractivity (Wildman–Crippen MR) is 57.5 cm³/mol. The fourth-order valence-corrected chi connectivity index (χ4v) is 1.94. The number of anilines is 1. The van der Waals surface area contributed by atoms with Gasteiger partial charge in [-0.3, -0.25) is 0 Å². The van der Waals surface area contributed by atoms with Gasteiger partial charge in [0.1, 0.15) is 6.17 Å². The molecule has 0 spiro atoms. The van der Waals surface area contributed by atoms with Crippen molar-refractivity contribution in [2.45, 2.75) is 38.9 Å². The molecule has 2 heteroatoms. The Kier molecular flexibility index (Phi) is 2.44. The number of alkyl halides is 1. The van der Waals surface area contributed by atoms with Gasteiger partial charge in [-0.1, -0.05) is 19.1 Å². The van der Waals surface area contributed by atoms with Crippen LogP contribution in [0.3, 0.4) is 0 Å². The van der Waals surface area contributed by atoms with Crippen LogP contribution in [0.4, 0.5) is 10.1 Å². The van der Waals surface area contributed by atoms with Crippen LogP contribution >= 0.6 is 0 Å². The van der Waals surface area contributed by atoms with Crippen molar-refractivity contribution in [1.29, 1.82) is 0 Å². The highest BCUT2D eigenvalue weighted by Gasteiger charge is 2.24. The SMILES string of the molecule is CCc1ccc2c(c1)CC(C(C)F)N2. The minimum Gasteiger partial charge on any atom is -0.379 e. The first-order valence-corrected chi connectivity index (χ1v) is 5.23. The van der Waals surface area contributed by atoms with Crippen molar-refractivity contribution in [3.05, 3.63) is 29.3 Å². The van der Waals surface area contributed by atoms with Crippen molar-refractivity contribution in [2.75, 3.05) is 5.32 Å². The average Bonchev–Trinajstić information content (AvgIpc) is 2.59. The Hall–Kier alpha value is -1.05. The van der Waals surface area contributed by atoms with Crippen LogP contribution in [0.15, 0.2) is 18.2 Å². The van der Waals surface area contributed by atoms with Crippen LogP contribution in [0.2, 0.25) is 0 Å². The van der Waals surface area contributed by atoms with Gasteiger partial charge in [-0.15, -0.1) is 0 Å². The number of hydrogen-bond acceptors (Lipinski definition) is 1. The average molecular weight is 193 g/mol. The normalized spacial score (nSPS) is 21.5. The number of nitrogens with one attached hydrogen (secondary N) is 1. The van der Waals surface area contributed by atoms with Gasteiger partial charge in [0.2, 0.25) is 0 Å². The number of benzene rings is 1. The molecule has 0 saturated heterocycles. The molecule has 14 heavy (non-hydrogen) atoms. The van der Waals surface area contributed by atoms with Crippen molar-refractivity contribution in [3.8, 4) is 0 Å². The first-order valence-electron chi connectivity index (χ1n) is 5.23. The molecule has 0 bridgehead atoms. The van der Waals surface area contributed by atoms with E-state index in [0.717, 1.165) is 18.5 Å². The zero-order valence-electron chi connectivity index (χ0n) is 8.68. The zero-order valence-corrected chi connectivity index (χ0v) is 8.68. The Bertz CT molecular complexity index is 333. The molecule has 0 fully saturated rings. The maximum Gasteiger partial charge on any atom is 0.118 e. The monoisotopic (exact) mass is 193 g/mol. The van der Waals surface area contributed by atoms with E-state index in [1.165, 1.54) is 11.1 Å². The Morgan fingerprint density at radius 1 is 1.57 bits per heavy atom. The van der Waals surface area contributed by atoms with E-state index in [0.29, 0.717) is 0 Å². The van der Waals surface area contributed by atoms with Gasteiger partial charge in [-0.2, -0.15) is 0 Å². The maximum atomic E-state index is 13.1. The molecule has 0 aliphatic carbocycles. The van der Waals surface area contributed by atoms with Gasteiger partial charge in [0.15, 0.2) is 0 Å². The topological polar surface area (TPSA) is 12.0 Å². The highest BCUT2D eigenvalue weighted by molar-refractivity contribution is 5.58. The molecule has 2 unspecified atom stereocenters. The second-order valence-corrected chi connectivity index (χ2v) is 3.98. The van der Waals surface area contributed by atoms with Gasteiger partial charge in [0, 0.05) is 5.69 Å². The summed E-state index contributed by atoms with van der Waals surface area (Å²) in [5, 5.41) is 3.21. The number of halogens is 1. The molecule has 2 atom stereocenters. The zero-order chi connectivity index (χ0) is 10.1. The molecular formula is C12H16FN. The van der Waals surface area contributed by atoms with E-state index < -0.39 is 6.17 Å². The van der Waals surface area contributed by atoms with Gasteiger partial charge < -0.3 is 5.32 Å². The highest BCUT2D eigenvalue weighted by atomic mass is 19.1. The Balaban J connectivity index is 2.22. The molecule has 2 rings (SSSR count). The molecule has 1 aromatic rings. The predicted octanol–water partition coefficient (Wildman–Crippen LogP) is 2.94. The van der Waals surface area contributed by atoms with Gasteiger partial charge in [-0.05, 0) is 37.0 Å². The van der Waals surface area contributed by atoms with Gasteiger partial charge >= 0.3 is 0 Å². The van der Waals surface area contributed by atoms with Crippen molar-refractivity contribution in [2.24, 2.45) is 0 Å². The summed E-state index contributed by atoms with van der Waals surface area (Å²) in [7, 11) is 0. The highest BCUT2D eigenvalue weighted by Crippen LogP contribution is 2.28. The molecule has 0 radical (unpaired) electrons. The lowest BCUT2D eigenvalue weighted by Crippen LogP contribution is -2.25. The van der Waals surface area contributed by atoms with Gasteiger partial charge in [0.25, 0.3) is 0 Å². The number of rotatable bonds is 2. The fourth-order valence-electron chi connectivity index (χ4n) is 1.94. The van der Waals surface area contributed by atoms with E-state index in [2.05, 4.69) is 30.4 Å². The molecule has 1 heterocycles. The smallest absolute Gasteiger partial charge is 0.118 e. The van der Waals surface area contributed by atoms with Gasteiger partial charge in [-0.25, -0.2) is 4.39 Å². The lowest BCUT2D eigenvalue weighted by Gasteiger charge is -2.11.